The molecule has 1 aromatic rings. The van der Waals surface area contributed by atoms with Gasteiger partial charge in [0.15, 0.2) is 0 Å². The lowest BCUT2D eigenvalue weighted by molar-refractivity contribution is -0.122. The van der Waals surface area contributed by atoms with E-state index >= 15 is 0 Å². The zero-order valence-electron chi connectivity index (χ0n) is 8.08. The topological polar surface area (TPSA) is 34.9 Å². The van der Waals surface area contributed by atoms with Gasteiger partial charge in [-0.2, -0.15) is 5.10 Å². The van der Waals surface area contributed by atoms with Crippen LogP contribution in [0.25, 0.3) is 0 Å². The Labute approximate surface area is 77.7 Å². The molecule has 0 aromatic carbocycles. The van der Waals surface area contributed by atoms with E-state index in [1.54, 1.807) is 11.6 Å². The van der Waals surface area contributed by atoms with Gasteiger partial charge in [-0.3, -0.25) is 9.48 Å². The van der Waals surface area contributed by atoms with Crippen LogP contribution in [0.3, 0.4) is 0 Å². The first kappa shape index (κ1) is 8.48. The molecule has 0 spiro atoms. The van der Waals surface area contributed by atoms with Crippen LogP contribution in [-0.4, -0.2) is 15.6 Å². The molecule has 1 aliphatic carbocycles. The molecular formula is C10H14N2O. The Morgan fingerprint density at radius 3 is 2.77 bits per heavy atom. The van der Waals surface area contributed by atoms with Crippen LogP contribution >= 0.6 is 0 Å². The van der Waals surface area contributed by atoms with E-state index in [-0.39, 0.29) is 5.41 Å². The van der Waals surface area contributed by atoms with E-state index < -0.39 is 0 Å². The SMILES string of the molecule is CC(=O)C1(Cc2ccn(C)n2)CC1. The van der Waals surface area contributed by atoms with E-state index in [2.05, 4.69) is 5.10 Å². The lowest BCUT2D eigenvalue weighted by Crippen LogP contribution is -2.15. The van der Waals surface area contributed by atoms with E-state index in [0.29, 0.717) is 5.78 Å². The van der Waals surface area contributed by atoms with Crippen molar-refractivity contribution in [1.29, 1.82) is 0 Å². The standard InChI is InChI=1S/C10H14N2O/c1-8(13)10(4-5-10)7-9-3-6-12(2)11-9/h3,6H,4-5,7H2,1-2H3. The number of aryl methyl sites for hydroxylation is 1. The number of carbonyl (C=O) groups excluding carboxylic acids is 1. The molecule has 1 fully saturated rings. The fourth-order valence-corrected chi connectivity index (χ4v) is 1.71. The molecule has 0 unspecified atom stereocenters. The van der Waals surface area contributed by atoms with Gasteiger partial charge in [0, 0.05) is 25.1 Å². The molecular weight excluding hydrogens is 164 g/mol. The quantitative estimate of drug-likeness (QED) is 0.700. The van der Waals surface area contributed by atoms with Crippen molar-refractivity contribution in [1.82, 2.24) is 9.78 Å². The molecule has 0 N–H and O–H groups in total. The van der Waals surface area contributed by atoms with Crippen LogP contribution in [0.5, 0.6) is 0 Å². The Balaban J connectivity index is 2.10. The Morgan fingerprint density at radius 2 is 2.38 bits per heavy atom. The minimum Gasteiger partial charge on any atom is -0.299 e. The predicted octanol–water partition coefficient (Wildman–Crippen LogP) is 1.33. The molecule has 3 heteroatoms. The van der Waals surface area contributed by atoms with Crippen LogP contribution in [0.2, 0.25) is 0 Å². The third kappa shape index (κ3) is 1.50. The average Bonchev–Trinajstić information content (AvgIpc) is 2.72. The van der Waals surface area contributed by atoms with Crippen molar-refractivity contribution in [2.24, 2.45) is 12.5 Å². The highest BCUT2D eigenvalue weighted by Gasteiger charge is 2.47. The van der Waals surface area contributed by atoms with Crippen molar-refractivity contribution in [3.8, 4) is 0 Å². The molecule has 0 atom stereocenters. The monoisotopic (exact) mass is 178 g/mol. The normalized spacial score (nSPS) is 18.6. The highest BCUT2D eigenvalue weighted by molar-refractivity contribution is 5.85. The van der Waals surface area contributed by atoms with Crippen molar-refractivity contribution in [2.45, 2.75) is 26.2 Å². The Morgan fingerprint density at radius 1 is 1.69 bits per heavy atom. The van der Waals surface area contributed by atoms with E-state index in [1.807, 2.05) is 19.3 Å². The molecule has 0 bridgehead atoms. The molecule has 70 valence electrons. The summed E-state index contributed by atoms with van der Waals surface area (Å²) in [6, 6.07) is 1.99. The van der Waals surface area contributed by atoms with Crippen LogP contribution in [0.4, 0.5) is 0 Å². The fraction of sp³-hybridized carbons (Fsp3) is 0.600. The highest BCUT2D eigenvalue weighted by Crippen LogP contribution is 2.48. The van der Waals surface area contributed by atoms with E-state index in [4.69, 9.17) is 0 Å². The lowest BCUT2D eigenvalue weighted by atomic mass is 9.96. The van der Waals surface area contributed by atoms with Gasteiger partial charge in [0.1, 0.15) is 5.78 Å². The third-order valence-corrected chi connectivity index (χ3v) is 2.89. The fourth-order valence-electron chi connectivity index (χ4n) is 1.71. The Hall–Kier alpha value is -1.12. The number of rotatable bonds is 3. The maximum absolute atomic E-state index is 11.3. The zero-order chi connectivity index (χ0) is 9.47. The molecule has 1 saturated carbocycles. The molecule has 13 heavy (non-hydrogen) atoms. The summed E-state index contributed by atoms with van der Waals surface area (Å²) in [5.74, 6) is 0.318. The van der Waals surface area contributed by atoms with Crippen molar-refractivity contribution in [3.63, 3.8) is 0 Å². The minimum absolute atomic E-state index is 0.0473. The number of hydrogen-bond donors (Lipinski definition) is 0. The van der Waals surface area contributed by atoms with Crippen LogP contribution in [0.1, 0.15) is 25.5 Å². The number of aromatic nitrogens is 2. The van der Waals surface area contributed by atoms with Gasteiger partial charge in [-0.15, -0.1) is 0 Å². The summed E-state index contributed by atoms with van der Waals surface area (Å²) in [4.78, 5) is 11.3. The number of ketones is 1. The Kier molecular flexibility index (Phi) is 1.75. The molecule has 1 heterocycles. The molecule has 0 aliphatic heterocycles. The first-order valence-corrected chi connectivity index (χ1v) is 4.62. The predicted molar refractivity (Wildman–Crippen MR) is 49.3 cm³/mol. The summed E-state index contributed by atoms with van der Waals surface area (Å²) >= 11 is 0. The Bertz CT molecular complexity index is 336. The second-order valence-electron chi connectivity index (χ2n) is 3.99. The molecule has 1 aliphatic rings. The first-order chi connectivity index (χ1) is 6.12. The maximum atomic E-state index is 11.3. The molecule has 0 amide bonds. The summed E-state index contributed by atoms with van der Waals surface area (Å²) in [6.07, 6.45) is 4.83. The van der Waals surface area contributed by atoms with Crippen LogP contribution in [0.15, 0.2) is 12.3 Å². The van der Waals surface area contributed by atoms with Gasteiger partial charge in [0.25, 0.3) is 0 Å². The van der Waals surface area contributed by atoms with Gasteiger partial charge in [0.2, 0.25) is 0 Å². The lowest BCUT2D eigenvalue weighted by Gasteiger charge is -2.07. The smallest absolute Gasteiger partial charge is 0.136 e. The number of Topliss-reactive ketones (excluding diaryl/α,β-unsaturated/α-hetero) is 1. The van der Waals surface area contributed by atoms with Gasteiger partial charge in [0.05, 0.1) is 5.69 Å². The summed E-state index contributed by atoms with van der Waals surface area (Å²) in [5, 5.41) is 4.28. The summed E-state index contributed by atoms with van der Waals surface area (Å²) < 4.78 is 1.78. The van der Waals surface area contributed by atoms with Crippen LogP contribution in [-0.2, 0) is 18.3 Å². The maximum Gasteiger partial charge on any atom is 0.136 e. The van der Waals surface area contributed by atoms with Crippen molar-refractivity contribution in [3.05, 3.63) is 18.0 Å². The van der Waals surface area contributed by atoms with Gasteiger partial charge >= 0.3 is 0 Å². The second kappa shape index (κ2) is 2.69. The van der Waals surface area contributed by atoms with Crippen molar-refractivity contribution < 1.29 is 4.79 Å². The van der Waals surface area contributed by atoms with Crippen molar-refractivity contribution in [2.75, 3.05) is 0 Å². The van der Waals surface area contributed by atoms with Gasteiger partial charge < -0.3 is 0 Å². The van der Waals surface area contributed by atoms with E-state index in [0.717, 1.165) is 25.0 Å². The summed E-state index contributed by atoms with van der Waals surface area (Å²) in [7, 11) is 1.90. The molecule has 0 saturated heterocycles. The van der Waals surface area contributed by atoms with E-state index in [1.165, 1.54) is 0 Å². The third-order valence-electron chi connectivity index (χ3n) is 2.89. The van der Waals surface area contributed by atoms with Gasteiger partial charge in [-0.25, -0.2) is 0 Å². The summed E-state index contributed by atoms with van der Waals surface area (Å²) in [6.45, 7) is 1.69. The molecule has 3 nitrogen and oxygen atoms in total. The molecule has 2 rings (SSSR count). The van der Waals surface area contributed by atoms with E-state index in [9.17, 15) is 4.79 Å². The largest absolute Gasteiger partial charge is 0.299 e. The second-order valence-corrected chi connectivity index (χ2v) is 3.99. The number of hydrogen-bond acceptors (Lipinski definition) is 2. The zero-order valence-corrected chi connectivity index (χ0v) is 8.08. The van der Waals surface area contributed by atoms with Gasteiger partial charge in [-0.05, 0) is 25.8 Å². The molecule has 0 radical (unpaired) electrons. The molecule has 1 aromatic heterocycles. The number of carbonyl (C=O) groups is 1. The van der Waals surface area contributed by atoms with Gasteiger partial charge in [-0.1, -0.05) is 0 Å². The average molecular weight is 178 g/mol. The minimum atomic E-state index is -0.0473. The van der Waals surface area contributed by atoms with Crippen LogP contribution in [0, 0.1) is 5.41 Å². The number of nitrogens with zero attached hydrogens (tertiary/aromatic N) is 2. The highest BCUT2D eigenvalue weighted by atomic mass is 16.1. The summed E-state index contributed by atoms with van der Waals surface area (Å²) in [5.41, 5.74) is 0.990. The van der Waals surface area contributed by atoms with Crippen LogP contribution < -0.4 is 0 Å². The first-order valence-electron chi connectivity index (χ1n) is 4.62. The van der Waals surface area contributed by atoms with Crippen molar-refractivity contribution >= 4 is 5.78 Å².